The van der Waals surface area contributed by atoms with Gasteiger partial charge in [-0.2, -0.15) is 0 Å². The molecule has 0 bridgehead atoms. The van der Waals surface area contributed by atoms with Crippen LogP contribution < -0.4 is 5.73 Å². The number of thiophene rings is 1. The van der Waals surface area contributed by atoms with Gasteiger partial charge in [0.2, 0.25) is 0 Å². The van der Waals surface area contributed by atoms with Crippen LogP contribution in [0.3, 0.4) is 0 Å². The number of hydrogen-bond donors (Lipinski definition) is 2. The summed E-state index contributed by atoms with van der Waals surface area (Å²) in [4.78, 5) is 1.26. The van der Waals surface area contributed by atoms with Gasteiger partial charge in [-0.05, 0) is 18.9 Å². The molecule has 0 fully saturated rings. The van der Waals surface area contributed by atoms with Crippen LogP contribution in [0.2, 0.25) is 0 Å². The number of hydrogen-bond acceptors (Lipinski definition) is 3. The molecule has 1 rings (SSSR count). The van der Waals surface area contributed by atoms with E-state index in [1.165, 1.54) is 4.88 Å². The summed E-state index contributed by atoms with van der Waals surface area (Å²) in [5.41, 5.74) is 7.20. The van der Waals surface area contributed by atoms with E-state index in [2.05, 4.69) is 13.8 Å². The van der Waals surface area contributed by atoms with Crippen LogP contribution in [-0.4, -0.2) is 5.71 Å². The Hall–Kier alpha value is -0.830. The van der Waals surface area contributed by atoms with Crippen molar-refractivity contribution in [2.45, 2.75) is 26.7 Å². The fraction of sp³-hybridized carbons (Fsp3) is 0.444. The predicted octanol–water partition coefficient (Wildman–Crippen LogP) is 2.84. The summed E-state index contributed by atoms with van der Waals surface area (Å²) in [5.74, 6) is 0.505. The second-order valence-electron chi connectivity index (χ2n) is 3.21. The molecule has 0 atom stereocenters. The Morgan fingerprint density at radius 2 is 2.17 bits per heavy atom. The molecule has 0 aliphatic carbocycles. The number of nitrogen functional groups attached to an aromatic ring is 1. The summed E-state index contributed by atoms with van der Waals surface area (Å²) in [6.45, 7) is 6.03. The van der Waals surface area contributed by atoms with Crippen LogP contribution in [0, 0.1) is 5.41 Å². The zero-order valence-corrected chi connectivity index (χ0v) is 8.46. The molecule has 0 radical (unpaired) electrons. The molecule has 1 aromatic rings. The summed E-state index contributed by atoms with van der Waals surface area (Å²) in [7, 11) is 0. The van der Waals surface area contributed by atoms with Crippen LogP contribution in [0.4, 0.5) is 5.00 Å². The lowest BCUT2D eigenvalue weighted by Gasteiger charge is -1.96. The van der Waals surface area contributed by atoms with E-state index in [0.717, 1.165) is 10.6 Å². The maximum atomic E-state index is 7.46. The number of nitrogens with two attached hydrogens (primary N) is 1. The van der Waals surface area contributed by atoms with Gasteiger partial charge >= 0.3 is 0 Å². The van der Waals surface area contributed by atoms with Gasteiger partial charge in [-0.1, -0.05) is 13.8 Å². The first-order valence-corrected chi connectivity index (χ1v) is 4.78. The van der Waals surface area contributed by atoms with Gasteiger partial charge in [-0.25, -0.2) is 0 Å². The molecular weight excluding hydrogens is 168 g/mol. The molecule has 12 heavy (non-hydrogen) atoms. The van der Waals surface area contributed by atoms with Gasteiger partial charge < -0.3 is 11.1 Å². The first kappa shape index (κ1) is 9.26. The van der Waals surface area contributed by atoms with Gasteiger partial charge in [0.1, 0.15) is 0 Å². The Morgan fingerprint density at radius 1 is 1.58 bits per heavy atom. The number of anilines is 1. The average molecular weight is 182 g/mol. The summed E-state index contributed by atoms with van der Waals surface area (Å²) >= 11 is 1.59. The summed E-state index contributed by atoms with van der Waals surface area (Å²) in [6.07, 6.45) is 0. The third kappa shape index (κ3) is 1.67. The lowest BCUT2D eigenvalue weighted by molar-refractivity contribution is 0.889. The fourth-order valence-corrected chi connectivity index (χ4v) is 1.99. The highest BCUT2D eigenvalue weighted by Crippen LogP contribution is 2.30. The molecule has 0 aromatic carbocycles. The van der Waals surface area contributed by atoms with E-state index in [-0.39, 0.29) is 0 Å². The maximum Gasteiger partial charge on any atom is 0.0951 e. The standard InChI is InChI=1S/C9H14N2S/c1-5(2)8-4-7(6(3)10)9(11)12-8/h4-5,10H,11H2,1-3H3. The van der Waals surface area contributed by atoms with Crippen molar-refractivity contribution in [2.24, 2.45) is 0 Å². The van der Waals surface area contributed by atoms with Crippen LogP contribution in [0.15, 0.2) is 6.07 Å². The SMILES string of the molecule is CC(=N)c1cc(C(C)C)sc1N. The summed E-state index contributed by atoms with van der Waals surface area (Å²) < 4.78 is 0. The molecule has 3 heteroatoms. The highest BCUT2D eigenvalue weighted by Gasteiger charge is 2.09. The first-order valence-electron chi connectivity index (χ1n) is 3.97. The van der Waals surface area contributed by atoms with Gasteiger partial charge in [0.15, 0.2) is 0 Å². The molecule has 2 nitrogen and oxygen atoms in total. The van der Waals surface area contributed by atoms with E-state index >= 15 is 0 Å². The summed E-state index contributed by atoms with van der Waals surface area (Å²) in [6, 6.07) is 2.02. The van der Waals surface area contributed by atoms with Crippen molar-refractivity contribution in [2.75, 3.05) is 5.73 Å². The quantitative estimate of drug-likeness (QED) is 0.679. The van der Waals surface area contributed by atoms with E-state index in [4.69, 9.17) is 11.1 Å². The maximum absolute atomic E-state index is 7.46. The monoisotopic (exact) mass is 182 g/mol. The largest absolute Gasteiger partial charge is 0.390 e. The van der Waals surface area contributed by atoms with Crippen LogP contribution in [0.25, 0.3) is 0 Å². The zero-order chi connectivity index (χ0) is 9.30. The van der Waals surface area contributed by atoms with Gasteiger partial charge in [-0.3, -0.25) is 0 Å². The van der Waals surface area contributed by atoms with Crippen molar-refractivity contribution < 1.29 is 0 Å². The van der Waals surface area contributed by atoms with Crippen molar-refractivity contribution in [3.8, 4) is 0 Å². The molecule has 0 spiro atoms. The highest BCUT2D eigenvalue weighted by atomic mass is 32.1. The van der Waals surface area contributed by atoms with Gasteiger partial charge in [-0.15, -0.1) is 11.3 Å². The minimum atomic E-state index is 0.505. The van der Waals surface area contributed by atoms with Crippen LogP contribution in [0.1, 0.15) is 37.1 Å². The van der Waals surface area contributed by atoms with Crippen molar-refractivity contribution in [3.63, 3.8) is 0 Å². The smallest absolute Gasteiger partial charge is 0.0951 e. The minimum absolute atomic E-state index is 0.505. The molecule has 66 valence electrons. The first-order chi connectivity index (χ1) is 5.52. The Balaban J connectivity index is 3.09. The van der Waals surface area contributed by atoms with Crippen LogP contribution in [-0.2, 0) is 0 Å². The Morgan fingerprint density at radius 3 is 2.42 bits per heavy atom. The van der Waals surface area contributed by atoms with Crippen molar-refractivity contribution in [1.82, 2.24) is 0 Å². The molecular formula is C9H14N2S. The minimum Gasteiger partial charge on any atom is -0.390 e. The normalized spacial score (nSPS) is 10.7. The Labute approximate surface area is 76.9 Å². The van der Waals surface area contributed by atoms with E-state index in [9.17, 15) is 0 Å². The third-order valence-electron chi connectivity index (χ3n) is 1.75. The molecule has 0 unspecified atom stereocenters. The average Bonchev–Trinajstić information content (AvgIpc) is 2.30. The molecule has 3 N–H and O–H groups in total. The van der Waals surface area contributed by atoms with Crippen LogP contribution in [0.5, 0.6) is 0 Å². The Bertz CT molecular complexity index is 299. The van der Waals surface area contributed by atoms with Crippen molar-refractivity contribution in [3.05, 3.63) is 16.5 Å². The molecule has 0 saturated heterocycles. The van der Waals surface area contributed by atoms with E-state index in [1.807, 2.05) is 6.07 Å². The van der Waals surface area contributed by atoms with Gasteiger partial charge in [0.25, 0.3) is 0 Å². The van der Waals surface area contributed by atoms with E-state index < -0.39 is 0 Å². The number of nitrogens with one attached hydrogen (secondary N) is 1. The second-order valence-corrected chi connectivity index (χ2v) is 4.32. The van der Waals surface area contributed by atoms with Crippen molar-refractivity contribution in [1.29, 1.82) is 5.41 Å². The number of rotatable bonds is 2. The van der Waals surface area contributed by atoms with Crippen LogP contribution >= 0.6 is 11.3 Å². The van der Waals surface area contributed by atoms with Gasteiger partial charge in [0.05, 0.1) is 5.00 Å². The lowest BCUT2D eigenvalue weighted by atomic mass is 10.1. The lowest BCUT2D eigenvalue weighted by Crippen LogP contribution is -1.93. The molecule has 1 aromatic heterocycles. The van der Waals surface area contributed by atoms with E-state index in [0.29, 0.717) is 11.6 Å². The Kier molecular flexibility index (Phi) is 2.52. The summed E-state index contributed by atoms with van der Waals surface area (Å²) in [5, 5.41) is 8.23. The topological polar surface area (TPSA) is 49.9 Å². The van der Waals surface area contributed by atoms with Crippen molar-refractivity contribution >= 4 is 22.0 Å². The second kappa shape index (κ2) is 3.27. The highest BCUT2D eigenvalue weighted by molar-refractivity contribution is 7.16. The molecule has 1 heterocycles. The zero-order valence-electron chi connectivity index (χ0n) is 7.64. The third-order valence-corrected chi connectivity index (χ3v) is 3.02. The predicted molar refractivity (Wildman–Crippen MR) is 55.3 cm³/mol. The fourth-order valence-electron chi connectivity index (χ4n) is 1.00. The molecule has 0 aliphatic rings. The molecule has 0 aliphatic heterocycles. The molecule has 0 saturated carbocycles. The molecule has 0 amide bonds. The van der Waals surface area contributed by atoms with E-state index in [1.54, 1.807) is 18.3 Å². The van der Waals surface area contributed by atoms with Gasteiger partial charge in [0, 0.05) is 16.2 Å².